The number of fused-ring (bicyclic) bond motifs is 1. The summed E-state index contributed by atoms with van der Waals surface area (Å²) in [5, 5.41) is 8.22. The lowest BCUT2D eigenvalue weighted by molar-refractivity contribution is -0.273. The van der Waals surface area contributed by atoms with Gasteiger partial charge in [0, 0.05) is 5.56 Å². The van der Waals surface area contributed by atoms with Gasteiger partial charge in [-0.3, -0.25) is 0 Å². The van der Waals surface area contributed by atoms with E-state index in [0.717, 1.165) is 19.2 Å². The molecule has 1 N–H and O–H groups in total. The van der Waals surface area contributed by atoms with Crippen LogP contribution < -0.4 is 4.74 Å². The Hall–Kier alpha value is -2.55. The fourth-order valence-electron chi connectivity index (χ4n) is 2.02. The molecule has 0 amide bonds. The molecule has 0 spiro atoms. The van der Waals surface area contributed by atoms with Gasteiger partial charge in [0.05, 0.1) is 0 Å². The lowest BCUT2D eigenvalue weighted by Crippen LogP contribution is -2.41. The topological polar surface area (TPSA) is 68.1 Å². The molecule has 25 heavy (non-hydrogen) atoms. The van der Waals surface area contributed by atoms with Crippen molar-refractivity contribution in [1.82, 2.24) is 0 Å². The molecular formula is C15H10ClF4NO4. The number of ether oxygens (including phenoxy) is 1. The van der Waals surface area contributed by atoms with Crippen LogP contribution in [0.15, 0.2) is 41.6 Å². The molecule has 0 aliphatic rings. The minimum atomic E-state index is -4.96. The van der Waals surface area contributed by atoms with E-state index in [2.05, 4.69) is 26.3 Å². The second kappa shape index (κ2) is 6.75. The average molecular weight is 380 g/mol. The SMILES string of the molecule is CON=C(C(=O)O)c1cccc2ccc(OC(F)(F)C(F)(F)Cl)cc12. The molecule has 0 aliphatic heterocycles. The summed E-state index contributed by atoms with van der Waals surface area (Å²) in [4.78, 5) is 15.8. The van der Waals surface area contributed by atoms with Crippen LogP contribution in [0.5, 0.6) is 5.75 Å². The highest BCUT2D eigenvalue weighted by Crippen LogP contribution is 2.40. The number of alkyl halides is 5. The van der Waals surface area contributed by atoms with Crippen molar-refractivity contribution in [3.05, 3.63) is 42.0 Å². The summed E-state index contributed by atoms with van der Waals surface area (Å²) in [6.45, 7) is 0. The summed E-state index contributed by atoms with van der Waals surface area (Å²) in [5.74, 6) is -2.06. The summed E-state index contributed by atoms with van der Waals surface area (Å²) in [6, 6.07) is 7.72. The van der Waals surface area contributed by atoms with Crippen molar-refractivity contribution in [1.29, 1.82) is 0 Å². The first kappa shape index (κ1) is 18.8. The van der Waals surface area contributed by atoms with Crippen molar-refractivity contribution in [3.8, 4) is 5.75 Å². The van der Waals surface area contributed by atoms with Gasteiger partial charge in [0.15, 0.2) is 5.71 Å². The van der Waals surface area contributed by atoms with Gasteiger partial charge in [-0.05, 0) is 34.5 Å². The second-order valence-electron chi connectivity index (χ2n) is 4.73. The molecule has 2 aromatic carbocycles. The number of carboxylic acid groups (broad SMARTS) is 1. The second-order valence-corrected chi connectivity index (χ2v) is 5.21. The van der Waals surface area contributed by atoms with Crippen LogP contribution in [0.3, 0.4) is 0 Å². The molecule has 0 aliphatic carbocycles. The quantitative estimate of drug-likeness (QED) is 0.355. The number of rotatable bonds is 6. The zero-order chi connectivity index (χ0) is 18.8. The standard InChI is InChI=1S/C15H10ClF4NO4/c1-24-21-12(13(22)23)10-4-2-3-8-5-6-9(7-11(8)10)25-15(19,20)14(16,17)18/h2-7H,1H3,(H,22,23). The smallest absolute Gasteiger partial charge is 0.476 e. The number of benzene rings is 2. The maximum atomic E-state index is 13.3. The highest BCUT2D eigenvalue weighted by Gasteiger charge is 2.58. The van der Waals surface area contributed by atoms with E-state index < -0.39 is 28.9 Å². The Morgan fingerprint density at radius 1 is 1.20 bits per heavy atom. The maximum absolute atomic E-state index is 13.3. The Morgan fingerprint density at radius 2 is 1.88 bits per heavy atom. The Labute approximate surface area is 143 Å². The van der Waals surface area contributed by atoms with Gasteiger partial charge in [-0.25, -0.2) is 4.79 Å². The van der Waals surface area contributed by atoms with E-state index in [4.69, 9.17) is 0 Å². The van der Waals surface area contributed by atoms with Gasteiger partial charge in [0.2, 0.25) is 0 Å². The monoisotopic (exact) mass is 379 g/mol. The zero-order valence-electron chi connectivity index (χ0n) is 12.5. The van der Waals surface area contributed by atoms with Gasteiger partial charge in [-0.1, -0.05) is 29.4 Å². The third kappa shape index (κ3) is 3.93. The number of aliphatic carboxylic acids is 1. The summed E-state index contributed by atoms with van der Waals surface area (Å²) >= 11 is 4.34. The third-order valence-corrected chi connectivity index (χ3v) is 3.29. The molecule has 2 aromatic rings. The number of oxime groups is 1. The van der Waals surface area contributed by atoms with Crippen LogP contribution in [0.25, 0.3) is 10.8 Å². The van der Waals surface area contributed by atoms with Crippen LogP contribution >= 0.6 is 11.6 Å². The molecule has 0 saturated heterocycles. The average Bonchev–Trinajstić information content (AvgIpc) is 2.50. The minimum absolute atomic E-state index is 0.0262. The molecule has 0 saturated carbocycles. The molecule has 10 heteroatoms. The van der Waals surface area contributed by atoms with Gasteiger partial charge < -0.3 is 14.7 Å². The molecule has 134 valence electrons. The Balaban J connectivity index is 2.57. The molecule has 5 nitrogen and oxygen atoms in total. The fourth-order valence-corrected chi connectivity index (χ4v) is 2.06. The third-order valence-electron chi connectivity index (χ3n) is 3.07. The highest BCUT2D eigenvalue weighted by molar-refractivity contribution is 6.44. The lowest BCUT2D eigenvalue weighted by Gasteiger charge is -2.21. The van der Waals surface area contributed by atoms with Crippen molar-refractivity contribution >= 4 is 34.1 Å². The predicted molar refractivity (Wildman–Crippen MR) is 81.5 cm³/mol. The van der Waals surface area contributed by atoms with Crippen LogP contribution in [-0.2, 0) is 9.63 Å². The molecule has 0 aromatic heterocycles. The van der Waals surface area contributed by atoms with Gasteiger partial charge in [-0.15, -0.1) is 0 Å². The van der Waals surface area contributed by atoms with Crippen molar-refractivity contribution in [2.24, 2.45) is 5.16 Å². The van der Waals surface area contributed by atoms with Crippen LogP contribution in [0.1, 0.15) is 5.56 Å². The number of hydrogen-bond acceptors (Lipinski definition) is 4. The number of carbonyl (C=O) groups is 1. The molecule has 0 fully saturated rings. The van der Waals surface area contributed by atoms with Gasteiger partial charge >= 0.3 is 17.5 Å². The molecular weight excluding hydrogens is 370 g/mol. The first-order chi connectivity index (χ1) is 11.6. The summed E-state index contributed by atoms with van der Waals surface area (Å²) < 4.78 is 55.9. The van der Waals surface area contributed by atoms with Crippen molar-refractivity contribution in [2.75, 3.05) is 7.11 Å². The molecule has 0 atom stereocenters. The van der Waals surface area contributed by atoms with Crippen LogP contribution in [0.2, 0.25) is 0 Å². The molecule has 0 unspecified atom stereocenters. The zero-order valence-corrected chi connectivity index (χ0v) is 13.2. The van der Waals surface area contributed by atoms with Crippen LogP contribution in [0.4, 0.5) is 17.6 Å². The largest absolute Gasteiger partial charge is 0.480 e. The first-order valence-electron chi connectivity index (χ1n) is 6.58. The van der Waals surface area contributed by atoms with Gasteiger partial charge in [0.25, 0.3) is 0 Å². The van der Waals surface area contributed by atoms with E-state index in [1.54, 1.807) is 6.07 Å². The Morgan fingerprint density at radius 3 is 2.44 bits per heavy atom. The Bertz CT molecular complexity index is 836. The number of halogens is 5. The van der Waals surface area contributed by atoms with Crippen molar-refractivity contribution in [3.63, 3.8) is 0 Å². The summed E-state index contributed by atoms with van der Waals surface area (Å²) in [7, 11) is 1.13. The molecule has 0 heterocycles. The van der Waals surface area contributed by atoms with E-state index in [0.29, 0.717) is 5.39 Å². The summed E-state index contributed by atoms with van der Waals surface area (Å²) in [5.41, 5.74) is -0.474. The number of hydrogen-bond donors (Lipinski definition) is 1. The molecule has 2 rings (SSSR count). The number of nitrogens with zero attached hydrogens (tertiary/aromatic N) is 1. The Kier molecular flexibility index (Phi) is 5.07. The van der Waals surface area contributed by atoms with Crippen LogP contribution in [-0.4, -0.2) is 35.4 Å². The summed E-state index contributed by atoms with van der Waals surface area (Å²) in [6.07, 6.45) is -4.96. The predicted octanol–water partition coefficient (Wildman–Crippen LogP) is 4.08. The van der Waals surface area contributed by atoms with Gasteiger partial charge in [-0.2, -0.15) is 17.6 Å². The lowest BCUT2D eigenvalue weighted by atomic mass is 10.0. The fraction of sp³-hybridized carbons (Fsp3) is 0.200. The first-order valence-corrected chi connectivity index (χ1v) is 6.96. The minimum Gasteiger partial charge on any atom is -0.476 e. The normalized spacial score (nSPS) is 13.0. The van der Waals surface area contributed by atoms with E-state index in [9.17, 15) is 27.5 Å². The van der Waals surface area contributed by atoms with Crippen LogP contribution in [0, 0.1) is 0 Å². The van der Waals surface area contributed by atoms with Gasteiger partial charge in [0.1, 0.15) is 12.9 Å². The van der Waals surface area contributed by atoms with E-state index >= 15 is 0 Å². The molecule has 0 bridgehead atoms. The molecule has 0 radical (unpaired) electrons. The van der Waals surface area contributed by atoms with E-state index in [1.807, 2.05) is 0 Å². The van der Waals surface area contributed by atoms with Crippen molar-refractivity contribution in [2.45, 2.75) is 11.5 Å². The maximum Gasteiger partial charge on any atom is 0.480 e. The highest BCUT2D eigenvalue weighted by atomic mass is 35.5. The van der Waals surface area contributed by atoms with E-state index in [-0.39, 0.29) is 10.9 Å². The van der Waals surface area contributed by atoms with E-state index in [1.165, 1.54) is 18.2 Å². The van der Waals surface area contributed by atoms with Crippen molar-refractivity contribution < 1.29 is 37.0 Å². The number of carboxylic acids is 1.